The van der Waals surface area contributed by atoms with Crippen LogP contribution in [0.3, 0.4) is 0 Å². The predicted molar refractivity (Wildman–Crippen MR) is 139 cm³/mol. The van der Waals surface area contributed by atoms with Crippen molar-refractivity contribution < 1.29 is 5.11 Å². The maximum atomic E-state index is 10.1. The number of aliphatic hydroxyl groups is 1. The molecule has 0 saturated heterocycles. The van der Waals surface area contributed by atoms with Gasteiger partial charge in [-0.1, -0.05) is 44.0 Å². The van der Waals surface area contributed by atoms with E-state index in [0.29, 0.717) is 24.4 Å². The highest BCUT2D eigenvalue weighted by Crippen LogP contribution is 2.33. The second kappa shape index (κ2) is 10.1. The number of aromatic nitrogens is 4. The van der Waals surface area contributed by atoms with E-state index >= 15 is 0 Å². The summed E-state index contributed by atoms with van der Waals surface area (Å²) in [6, 6.07) is 11.1. The number of nitrogens with zero attached hydrogens (tertiary/aromatic N) is 4. The summed E-state index contributed by atoms with van der Waals surface area (Å²) in [5.74, 6) is 1.24. The van der Waals surface area contributed by atoms with Gasteiger partial charge in [-0.25, -0.2) is 4.98 Å². The smallest absolute Gasteiger partial charge is 0.227 e. The highest BCUT2D eigenvalue weighted by molar-refractivity contribution is 7.08. The first kappa shape index (κ1) is 22.8. The summed E-state index contributed by atoms with van der Waals surface area (Å²) in [7, 11) is 0. The zero-order valence-corrected chi connectivity index (χ0v) is 20.6. The third kappa shape index (κ3) is 4.79. The van der Waals surface area contributed by atoms with Crippen molar-refractivity contribution in [3.8, 4) is 11.1 Å². The van der Waals surface area contributed by atoms with E-state index in [0.717, 1.165) is 30.4 Å². The van der Waals surface area contributed by atoms with Crippen LogP contribution in [0.15, 0.2) is 47.4 Å². The van der Waals surface area contributed by atoms with Crippen LogP contribution in [0, 0.1) is 0 Å². The molecule has 3 N–H and O–H groups in total. The van der Waals surface area contributed by atoms with E-state index in [1.807, 2.05) is 13.3 Å². The van der Waals surface area contributed by atoms with Gasteiger partial charge in [0.05, 0.1) is 18.5 Å². The highest BCUT2D eigenvalue weighted by atomic mass is 32.1. The fourth-order valence-electron chi connectivity index (χ4n) is 4.71. The molecule has 3 aromatic heterocycles. The number of thiophene rings is 1. The zero-order chi connectivity index (χ0) is 23.5. The number of anilines is 2. The third-order valence-electron chi connectivity index (χ3n) is 6.74. The quantitative estimate of drug-likeness (QED) is 0.281. The summed E-state index contributed by atoms with van der Waals surface area (Å²) in [5.41, 5.74) is 5.28. The van der Waals surface area contributed by atoms with E-state index in [2.05, 4.69) is 56.3 Å². The molecule has 1 fully saturated rings. The lowest BCUT2D eigenvalue weighted by Gasteiger charge is -2.20. The van der Waals surface area contributed by atoms with Gasteiger partial charge in [-0.2, -0.15) is 21.3 Å². The van der Waals surface area contributed by atoms with Gasteiger partial charge in [0.25, 0.3) is 0 Å². The maximum Gasteiger partial charge on any atom is 0.227 e. The number of fused-ring (bicyclic) bond motifs is 1. The Morgan fingerprint density at radius 3 is 2.59 bits per heavy atom. The van der Waals surface area contributed by atoms with Gasteiger partial charge in [-0.05, 0) is 59.7 Å². The molecular formula is C26H32N6OS. The monoisotopic (exact) mass is 476 g/mol. The average molecular weight is 477 g/mol. The molecule has 2 atom stereocenters. The van der Waals surface area contributed by atoms with Crippen molar-refractivity contribution in [2.24, 2.45) is 0 Å². The van der Waals surface area contributed by atoms with E-state index in [9.17, 15) is 5.11 Å². The summed E-state index contributed by atoms with van der Waals surface area (Å²) in [6.07, 6.45) is 6.99. The van der Waals surface area contributed by atoms with Crippen LogP contribution in [0.4, 0.5) is 11.8 Å². The average Bonchev–Trinajstić information content (AvgIpc) is 3.62. The van der Waals surface area contributed by atoms with Gasteiger partial charge in [-0.15, -0.1) is 0 Å². The Bertz CT molecular complexity index is 1210. The van der Waals surface area contributed by atoms with E-state index in [1.54, 1.807) is 18.3 Å². The number of aliphatic hydroxyl groups excluding tert-OH is 1. The van der Waals surface area contributed by atoms with Crippen LogP contribution in [0.2, 0.25) is 0 Å². The van der Waals surface area contributed by atoms with Crippen LogP contribution < -0.4 is 10.6 Å². The molecule has 5 rings (SSSR count). The molecule has 0 bridgehead atoms. The van der Waals surface area contributed by atoms with Crippen LogP contribution >= 0.6 is 11.3 Å². The van der Waals surface area contributed by atoms with E-state index in [4.69, 9.17) is 15.0 Å². The van der Waals surface area contributed by atoms with E-state index in [1.165, 1.54) is 29.5 Å². The zero-order valence-electron chi connectivity index (χ0n) is 19.7. The van der Waals surface area contributed by atoms with E-state index in [-0.39, 0.29) is 6.04 Å². The molecule has 2 unspecified atom stereocenters. The molecule has 0 spiro atoms. The maximum absolute atomic E-state index is 10.1. The van der Waals surface area contributed by atoms with Crippen LogP contribution in [-0.4, -0.2) is 36.8 Å². The lowest BCUT2D eigenvalue weighted by atomic mass is 10.1. The molecular weight excluding hydrogens is 444 g/mol. The minimum Gasteiger partial charge on any atom is -0.391 e. The van der Waals surface area contributed by atoms with Crippen LogP contribution in [0.25, 0.3) is 22.3 Å². The standard InChI is InChI=1S/C26H32N6OS/c1-3-22(17(2)33)29-26-30-24(23-25(31-26)32(16-28-23)21-6-4-5-7-21)27-14-18-8-10-19(11-9-18)20-12-13-34-15-20/h8-13,15-17,21-22,33H,3-7,14H2,1-2H3,(H2,27,29,30,31). The Morgan fingerprint density at radius 1 is 1.12 bits per heavy atom. The van der Waals surface area contributed by atoms with E-state index < -0.39 is 6.10 Å². The van der Waals surface area contributed by atoms with Crippen molar-refractivity contribution >= 4 is 34.3 Å². The normalized spacial score (nSPS) is 16.1. The SMILES string of the molecule is CCC(Nc1nc(NCc2ccc(-c3ccsc3)cc2)c2ncn(C3CCCC3)c2n1)C(C)O. The lowest BCUT2D eigenvalue weighted by Crippen LogP contribution is -2.31. The van der Waals surface area contributed by atoms with Crippen molar-refractivity contribution in [3.05, 3.63) is 53.0 Å². The largest absolute Gasteiger partial charge is 0.391 e. The molecule has 0 aliphatic heterocycles. The summed E-state index contributed by atoms with van der Waals surface area (Å²) in [4.78, 5) is 14.3. The third-order valence-corrected chi connectivity index (χ3v) is 7.43. The summed E-state index contributed by atoms with van der Waals surface area (Å²) in [5, 5.41) is 21.2. The minimum absolute atomic E-state index is 0.113. The molecule has 34 heavy (non-hydrogen) atoms. The summed E-state index contributed by atoms with van der Waals surface area (Å²) in [6.45, 7) is 4.48. The minimum atomic E-state index is -0.498. The van der Waals surface area contributed by atoms with Gasteiger partial charge in [0.15, 0.2) is 17.0 Å². The Kier molecular flexibility index (Phi) is 6.78. The van der Waals surface area contributed by atoms with Crippen molar-refractivity contribution in [2.75, 3.05) is 10.6 Å². The molecule has 1 aliphatic rings. The molecule has 7 nitrogen and oxygen atoms in total. The van der Waals surface area contributed by atoms with Crippen molar-refractivity contribution in [3.63, 3.8) is 0 Å². The predicted octanol–water partition coefficient (Wildman–Crippen LogP) is 5.85. The van der Waals surface area contributed by atoms with Crippen molar-refractivity contribution in [2.45, 2.75) is 70.7 Å². The van der Waals surface area contributed by atoms with Crippen LogP contribution in [0.1, 0.15) is 57.6 Å². The fraction of sp³-hybridized carbons (Fsp3) is 0.423. The van der Waals surface area contributed by atoms with Gasteiger partial charge < -0.3 is 20.3 Å². The number of imidazole rings is 1. The number of nitrogens with one attached hydrogen (secondary N) is 2. The first-order valence-corrected chi connectivity index (χ1v) is 13.1. The number of hydrogen-bond donors (Lipinski definition) is 3. The fourth-order valence-corrected chi connectivity index (χ4v) is 5.38. The highest BCUT2D eigenvalue weighted by Gasteiger charge is 2.23. The Hall–Kier alpha value is -2.97. The molecule has 1 saturated carbocycles. The van der Waals surface area contributed by atoms with Gasteiger partial charge in [0.1, 0.15) is 0 Å². The van der Waals surface area contributed by atoms with Gasteiger partial charge >= 0.3 is 0 Å². The van der Waals surface area contributed by atoms with Gasteiger partial charge in [0, 0.05) is 12.6 Å². The topological polar surface area (TPSA) is 87.9 Å². The van der Waals surface area contributed by atoms with Crippen molar-refractivity contribution in [1.29, 1.82) is 0 Å². The van der Waals surface area contributed by atoms with Gasteiger partial charge in [0.2, 0.25) is 5.95 Å². The second-order valence-electron chi connectivity index (χ2n) is 9.12. The summed E-state index contributed by atoms with van der Waals surface area (Å²) >= 11 is 1.71. The molecule has 1 aliphatic carbocycles. The number of benzene rings is 1. The Balaban J connectivity index is 1.42. The molecule has 178 valence electrons. The molecule has 1 aromatic carbocycles. The molecule has 0 amide bonds. The molecule has 3 heterocycles. The number of rotatable bonds is 9. The van der Waals surface area contributed by atoms with Crippen molar-refractivity contribution in [1.82, 2.24) is 19.5 Å². The van der Waals surface area contributed by atoms with Gasteiger partial charge in [-0.3, -0.25) is 0 Å². The lowest BCUT2D eigenvalue weighted by molar-refractivity contribution is 0.169. The first-order chi connectivity index (χ1) is 16.6. The Morgan fingerprint density at radius 2 is 1.91 bits per heavy atom. The summed E-state index contributed by atoms with van der Waals surface area (Å²) < 4.78 is 2.21. The van der Waals surface area contributed by atoms with Crippen LogP contribution in [0.5, 0.6) is 0 Å². The molecule has 8 heteroatoms. The Labute approximate surface area is 204 Å². The molecule has 4 aromatic rings. The first-order valence-electron chi connectivity index (χ1n) is 12.2. The second-order valence-corrected chi connectivity index (χ2v) is 9.90. The van der Waals surface area contributed by atoms with Crippen LogP contribution in [-0.2, 0) is 6.54 Å². The number of hydrogen-bond acceptors (Lipinski definition) is 7. The molecule has 0 radical (unpaired) electrons.